The second-order valence-corrected chi connectivity index (χ2v) is 2.32. The minimum Gasteiger partial charge on any atom is -0.375 e. The van der Waals surface area contributed by atoms with Gasteiger partial charge in [0, 0.05) is 12.5 Å². The van der Waals surface area contributed by atoms with Gasteiger partial charge in [0.25, 0.3) is 6.43 Å². The van der Waals surface area contributed by atoms with Crippen LogP contribution in [0.15, 0.2) is 0 Å². The van der Waals surface area contributed by atoms with Crippen molar-refractivity contribution in [2.45, 2.75) is 19.8 Å². The molecule has 0 radical (unpaired) electrons. The van der Waals surface area contributed by atoms with Crippen LogP contribution in [0.1, 0.15) is 13.3 Å². The van der Waals surface area contributed by atoms with Crippen molar-refractivity contribution in [3.05, 3.63) is 0 Å². The number of ether oxygens (including phenoxy) is 1. The minimum absolute atomic E-state index is 0.104. The van der Waals surface area contributed by atoms with E-state index in [1.54, 1.807) is 0 Å². The molecule has 0 saturated carbocycles. The standard InChI is InChI=1S/C8H12F2O/c1-3-7(2)4-5-11-6-8(9)10/h1,7-8H,4-6H2,2H3. The first-order valence-corrected chi connectivity index (χ1v) is 3.48. The summed E-state index contributed by atoms with van der Waals surface area (Å²) in [5.74, 6) is 2.59. The fraction of sp³-hybridized carbons (Fsp3) is 0.750. The summed E-state index contributed by atoms with van der Waals surface area (Å²) in [6.07, 6.45) is 3.32. The molecule has 0 aliphatic rings. The number of alkyl halides is 2. The van der Waals surface area contributed by atoms with Crippen LogP contribution in [0.3, 0.4) is 0 Å². The molecule has 64 valence electrons. The average Bonchev–Trinajstić information content (AvgIpc) is 1.97. The van der Waals surface area contributed by atoms with Crippen molar-refractivity contribution < 1.29 is 13.5 Å². The van der Waals surface area contributed by atoms with E-state index in [1.807, 2.05) is 6.92 Å². The van der Waals surface area contributed by atoms with Gasteiger partial charge in [-0.25, -0.2) is 8.78 Å². The first kappa shape index (κ1) is 10.4. The Bertz CT molecular complexity index is 129. The normalized spacial score (nSPS) is 13.0. The Hall–Kier alpha value is -0.620. The predicted molar refractivity (Wildman–Crippen MR) is 39.4 cm³/mol. The zero-order valence-corrected chi connectivity index (χ0v) is 6.52. The number of terminal acetylenes is 1. The smallest absolute Gasteiger partial charge is 0.261 e. The molecule has 11 heavy (non-hydrogen) atoms. The second kappa shape index (κ2) is 6.11. The van der Waals surface area contributed by atoms with Gasteiger partial charge < -0.3 is 4.74 Å². The summed E-state index contributed by atoms with van der Waals surface area (Å²) in [6, 6.07) is 0. The molecule has 0 heterocycles. The van der Waals surface area contributed by atoms with Gasteiger partial charge in [-0.15, -0.1) is 12.3 Å². The molecule has 0 bridgehead atoms. The van der Waals surface area contributed by atoms with Crippen LogP contribution in [-0.2, 0) is 4.74 Å². The average molecular weight is 162 g/mol. The third-order valence-corrected chi connectivity index (χ3v) is 1.22. The van der Waals surface area contributed by atoms with E-state index in [4.69, 9.17) is 6.42 Å². The van der Waals surface area contributed by atoms with Crippen molar-refractivity contribution in [1.82, 2.24) is 0 Å². The molecular formula is C8H12F2O. The molecule has 0 fully saturated rings. The largest absolute Gasteiger partial charge is 0.375 e. The van der Waals surface area contributed by atoms with Crippen LogP contribution in [-0.4, -0.2) is 19.6 Å². The Morgan fingerprint density at radius 1 is 1.55 bits per heavy atom. The fourth-order valence-corrected chi connectivity index (χ4v) is 0.516. The number of hydrogen-bond donors (Lipinski definition) is 0. The van der Waals surface area contributed by atoms with Crippen LogP contribution >= 0.6 is 0 Å². The zero-order chi connectivity index (χ0) is 8.69. The SMILES string of the molecule is C#CC(C)CCOCC(F)F. The molecule has 0 rings (SSSR count). The van der Waals surface area contributed by atoms with Crippen molar-refractivity contribution in [2.24, 2.45) is 5.92 Å². The van der Waals surface area contributed by atoms with Crippen molar-refractivity contribution in [3.8, 4) is 12.3 Å². The van der Waals surface area contributed by atoms with Gasteiger partial charge in [0.15, 0.2) is 0 Å². The molecule has 0 aromatic carbocycles. The molecule has 0 aromatic heterocycles. The van der Waals surface area contributed by atoms with Crippen LogP contribution in [0, 0.1) is 18.3 Å². The van der Waals surface area contributed by atoms with Gasteiger partial charge in [-0.3, -0.25) is 0 Å². The first-order valence-electron chi connectivity index (χ1n) is 3.48. The molecule has 0 aromatic rings. The fourth-order valence-electron chi connectivity index (χ4n) is 0.516. The van der Waals surface area contributed by atoms with E-state index >= 15 is 0 Å². The molecular weight excluding hydrogens is 150 g/mol. The van der Waals surface area contributed by atoms with Crippen LogP contribution in [0.25, 0.3) is 0 Å². The highest BCUT2D eigenvalue weighted by molar-refractivity contribution is 4.89. The van der Waals surface area contributed by atoms with E-state index in [9.17, 15) is 8.78 Å². The lowest BCUT2D eigenvalue weighted by molar-refractivity contribution is 0.0150. The summed E-state index contributed by atoms with van der Waals surface area (Å²) < 4.78 is 27.6. The summed E-state index contributed by atoms with van der Waals surface area (Å²) in [5, 5.41) is 0. The maximum absolute atomic E-state index is 11.5. The van der Waals surface area contributed by atoms with E-state index < -0.39 is 13.0 Å². The van der Waals surface area contributed by atoms with E-state index in [0.29, 0.717) is 13.0 Å². The monoisotopic (exact) mass is 162 g/mol. The molecule has 1 unspecified atom stereocenters. The van der Waals surface area contributed by atoms with Gasteiger partial charge in [-0.2, -0.15) is 0 Å². The number of halogens is 2. The molecule has 0 aliphatic heterocycles. The number of hydrogen-bond acceptors (Lipinski definition) is 1. The topological polar surface area (TPSA) is 9.23 Å². The van der Waals surface area contributed by atoms with Gasteiger partial charge in [-0.1, -0.05) is 6.92 Å². The van der Waals surface area contributed by atoms with Gasteiger partial charge in [0.05, 0.1) is 0 Å². The molecule has 0 aliphatic carbocycles. The van der Waals surface area contributed by atoms with Gasteiger partial charge in [0.2, 0.25) is 0 Å². The van der Waals surface area contributed by atoms with E-state index in [-0.39, 0.29) is 5.92 Å². The Morgan fingerprint density at radius 3 is 2.64 bits per heavy atom. The summed E-state index contributed by atoms with van der Waals surface area (Å²) in [4.78, 5) is 0. The highest BCUT2D eigenvalue weighted by Crippen LogP contribution is 2.00. The first-order chi connectivity index (χ1) is 5.16. The lowest BCUT2D eigenvalue weighted by Gasteiger charge is -2.04. The maximum atomic E-state index is 11.5. The number of rotatable bonds is 5. The Morgan fingerprint density at radius 2 is 2.18 bits per heavy atom. The van der Waals surface area contributed by atoms with Crippen LogP contribution < -0.4 is 0 Å². The Balaban J connectivity index is 3.10. The van der Waals surface area contributed by atoms with Gasteiger partial charge >= 0.3 is 0 Å². The zero-order valence-electron chi connectivity index (χ0n) is 6.52. The summed E-state index contributed by atoms with van der Waals surface area (Å²) in [6.45, 7) is 1.68. The summed E-state index contributed by atoms with van der Waals surface area (Å²) in [7, 11) is 0. The lowest BCUT2D eigenvalue weighted by Crippen LogP contribution is -2.07. The van der Waals surface area contributed by atoms with Crippen molar-refractivity contribution >= 4 is 0 Å². The molecule has 0 saturated heterocycles. The molecule has 3 heteroatoms. The predicted octanol–water partition coefficient (Wildman–Crippen LogP) is 1.93. The highest BCUT2D eigenvalue weighted by Gasteiger charge is 2.02. The third kappa shape index (κ3) is 7.27. The Labute approximate surface area is 65.7 Å². The van der Waals surface area contributed by atoms with Crippen LogP contribution in [0.5, 0.6) is 0 Å². The van der Waals surface area contributed by atoms with Gasteiger partial charge in [-0.05, 0) is 6.42 Å². The maximum Gasteiger partial charge on any atom is 0.261 e. The molecule has 0 spiro atoms. The molecule has 1 atom stereocenters. The minimum atomic E-state index is -2.38. The summed E-state index contributed by atoms with van der Waals surface area (Å²) >= 11 is 0. The van der Waals surface area contributed by atoms with Crippen molar-refractivity contribution in [1.29, 1.82) is 0 Å². The molecule has 0 amide bonds. The highest BCUT2D eigenvalue weighted by atomic mass is 19.3. The lowest BCUT2D eigenvalue weighted by atomic mass is 10.1. The van der Waals surface area contributed by atoms with E-state index in [1.165, 1.54) is 0 Å². The van der Waals surface area contributed by atoms with E-state index in [0.717, 1.165) is 0 Å². The van der Waals surface area contributed by atoms with Crippen molar-refractivity contribution in [2.75, 3.05) is 13.2 Å². The van der Waals surface area contributed by atoms with Crippen LogP contribution in [0.4, 0.5) is 8.78 Å². The molecule has 1 nitrogen and oxygen atoms in total. The second-order valence-electron chi connectivity index (χ2n) is 2.32. The quantitative estimate of drug-likeness (QED) is 0.443. The molecule has 0 N–H and O–H groups in total. The van der Waals surface area contributed by atoms with Crippen LogP contribution in [0.2, 0.25) is 0 Å². The third-order valence-electron chi connectivity index (χ3n) is 1.22. The van der Waals surface area contributed by atoms with E-state index in [2.05, 4.69) is 10.7 Å². The van der Waals surface area contributed by atoms with Crippen molar-refractivity contribution in [3.63, 3.8) is 0 Å². The van der Waals surface area contributed by atoms with Gasteiger partial charge in [0.1, 0.15) is 6.61 Å². The Kier molecular flexibility index (Phi) is 5.77. The summed E-state index contributed by atoms with van der Waals surface area (Å²) in [5.41, 5.74) is 0.